The van der Waals surface area contributed by atoms with Crippen LogP contribution in [-0.4, -0.2) is 30.1 Å². The van der Waals surface area contributed by atoms with Crippen LogP contribution in [0.25, 0.3) is 0 Å². The van der Waals surface area contributed by atoms with E-state index in [1.54, 1.807) is 31.2 Å². The van der Waals surface area contributed by atoms with Gasteiger partial charge in [-0.15, -0.1) is 0 Å². The summed E-state index contributed by atoms with van der Waals surface area (Å²) in [5.74, 6) is 8.17. The van der Waals surface area contributed by atoms with Gasteiger partial charge in [-0.3, -0.25) is 9.59 Å². The lowest BCUT2D eigenvalue weighted by Gasteiger charge is -2.41. The van der Waals surface area contributed by atoms with E-state index in [9.17, 15) is 14.4 Å². The number of benzene rings is 2. The molecule has 0 radical (unpaired) electrons. The SMILES string of the molecule is CCCCCC1CCC(C2CCC(C#Cc3ccccc3)(OC(=O)c3ccc(OC(=O)C4CCC(C(=O)OCC)CC4)cc3)CC2)CC1. The minimum atomic E-state index is -0.825. The van der Waals surface area contributed by atoms with Gasteiger partial charge in [0.1, 0.15) is 5.75 Å². The number of carbonyl (C=O) groups excluding carboxylic acids is 3. The highest BCUT2D eigenvalue weighted by Crippen LogP contribution is 2.44. The summed E-state index contributed by atoms with van der Waals surface area (Å²) in [6.45, 7) is 4.45. The summed E-state index contributed by atoms with van der Waals surface area (Å²) < 4.78 is 17.1. The van der Waals surface area contributed by atoms with E-state index in [4.69, 9.17) is 14.2 Å². The number of unbranched alkanes of at least 4 members (excludes halogenated alkanes) is 2. The van der Waals surface area contributed by atoms with Crippen LogP contribution >= 0.6 is 0 Å². The Kier molecular flexibility index (Phi) is 13.2. The number of hydrogen-bond donors (Lipinski definition) is 0. The molecule has 0 amide bonds. The largest absolute Gasteiger partial charge is 0.466 e. The van der Waals surface area contributed by atoms with E-state index in [1.807, 2.05) is 30.3 Å². The first-order valence-electron chi connectivity index (χ1n) is 18.7. The van der Waals surface area contributed by atoms with Crippen molar-refractivity contribution < 1.29 is 28.6 Å². The van der Waals surface area contributed by atoms with E-state index < -0.39 is 11.6 Å². The summed E-state index contributed by atoms with van der Waals surface area (Å²) in [7, 11) is 0. The average molecular weight is 655 g/mol. The number of rotatable bonds is 11. The molecule has 3 fully saturated rings. The molecule has 3 saturated carbocycles. The molecule has 258 valence electrons. The van der Waals surface area contributed by atoms with Crippen molar-refractivity contribution in [2.24, 2.45) is 29.6 Å². The Labute approximate surface area is 287 Å². The molecular formula is C42H54O6. The highest BCUT2D eigenvalue weighted by atomic mass is 16.6. The van der Waals surface area contributed by atoms with E-state index in [2.05, 4.69) is 18.8 Å². The summed E-state index contributed by atoms with van der Waals surface area (Å²) in [6, 6.07) is 16.5. The summed E-state index contributed by atoms with van der Waals surface area (Å²) >= 11 is 0. The fourth-order valence-corrected chi connectivity index (χ4v) is 8.09. The van der Waals surface area contributed by atoms with Crippen LogP contribution in [0.1, 0.15) is 133 Å². The quantitative estimate of drug-likeness (QED) is 0.104. The van der Waals surface area contributed by atoms with Gasteiger partial charge in [0, 0.05) is 5.56 Å². The Bertz CT molecular complexity index is 1380. The molecule has 0 aromatic heterocycles. The molecule has 0 spiro atoms. The molecule has 2 aromatic rings. The molecule has 0 N–H and O–H groups in total. The topological polar surface area (TPSA) is 78.9 Å². The zero-order valence-electron chi connectivity index (χ0n) is 29.1. The van der Waals surface area contributed by atoms with Crippen LogP contribution in [0.4, 0.5) is 0 Å². The van der Waals surface area contributed by atoms with Gasteiger partial charge in [0.05, 0.1) is 24.0 Å². The van der Waals surface area contributed by atoms with E-state index in [0.29, 0.717) is 49.5 Å². The minimum Gasteiger partial charge on any atom is -0.466 e. The highest BCUT2D eigenvalue weighted by molar-refractivity contribution is 5.90. The molecule has 0 bridgehead atoms. The lowest BCUT2D eigenvalue weighted by atomic mass is 9.67. The summed E-state index contributed by atoms with van der Waals surface area (Å²) in [5, 5.41) is 0. The van der Waals surface area contributed by atoms with Crippen LogP contribution in [0, 0.1) is 41.4 Å². The maximum Gasteiger partial charge on any atom is 0.339 e. The second-order valence-electron chi connectivity index (χ2n) is 14.4. The number of ether oxygens (including phenoxy) is 3. The van der Waals surface area contributed by atoms with Crippen molar-refractivity contribution in [3.05, 3.63) is 65.7 Å². The van der Waals surface area contributed by atoms with Gasteiger partial charge in [-0.05, 0) is 131 Å². The first kappa shape index (κ1) is 35.7. The standard InChI is InChI=1S/C42H54O6/c1-3-5-7-10-32-13-15-33(16-14-32)34-26-29-42(30-27-34,28-25-31-11-8-6-9-12-31)48-41(45)37-21-23-38(24-22-37)47-40(44)36-19-17-35(18-20-36)39(43)46-4-2/h6,8-9,11-12,21-24,32-36H,3-5,7,10,13-20,26-27,29-30H2,1-2H3. The van der Waals surface area contributed by atoms with Crippen molar-refractivity contribution in [1.82, 2.24) is 0 Å². The van der Waals surface area contributed by atoms with Crippen LogP contribution in [0.3, 0.4) is 0 Å². The number of carbonyl (C=O) groups is 3. The second-order valence-corrected chi connectivity index (χ2v) is 14.4. The number of hydrogen-bond acceptors (Lipinski definition) is 6. The smallest absolute Gasteiger partial charge is 0.339 e. The van der Waals surface area contributed by atoms with Crippen molar-refractivity contribution in [3.63, 3.8) is 0 Å². The van der Waals surface area contributed by atoms with Gasteiger partial charge in [0.2, 0.25) is 0 Å². The average Bonchev–Trinajstić information content (AvgIpc) is 3.12. The van der Waals surface area contributed by atoms with Crippen molar-refractivity contribution in [1.29, 1.82) is 0 Å². The van der Waals surface area contributed by atoms with Crippen LogP contribution in [0.2, 0.25) is 0 Å². The molecule has 6 nitrogen and oxygen atoms in total. The summed E-state index contributed by atoms with van der Waals surface area (Å²) in [4.78, 5) is 38.4. The maximum atomic E-state index is 13.5. The highest BCUT2D eigenvalue weighted by Gasteiger charge is 2.40. The first-order chi connectivity index (χ1) is 23.4. The minimum absolute atomic E-state index is 0.143. The zero-order valence-corrected chi connectivity index (χ0v) is 29.1. The third-order valence-corrected chi connectivity index (χ3v) is 11.1. The van der Waals surface area contributed by atoms with Crippen molar-refractivity contribution in [2.75, 3.05) is 6.61 Å². The van der Waals surface area contributed by atoms with Gasteiger partial charge < -0.3 is 14.2 Å². The Morgan fingerprint density at radius 3 is 1.98 bits per heavy atom. The van der Waals surface area contributed by atoms with E-state index in [-0.39, 0.29) is 23.8 Å². The van der Waals surface area contributed by atoms with Gasteiger partial charge in [0.15, 0.2) is 5.60 Å². The normalized spacial score (nSPS) is 27.2. The molecule has 0 saturated heterocycles. The van der Waals surface area contributed by atoms with Crippen molar-refractivity contribution in [2.45, 2.75) is 122 Å². The molecule has 0 heterocycles. The zero-order chi connectivity index (χ0) is 33.8. The summed E-state index contributed by atoms with van der Waals surface area (Å²) in [6.07, 6.45) is 16.8. The molecule has 0 aliphatic heterocycles. The van der Waals surface area contributed by atoms with Gasteiger partial charge in [-0.25, -0.2) is 4.79 Å². The van der Waals surface area contributed by atoms with E-state index >= 15 is 0 Å². The lowest BCUT2D eigenvalue weighted by molar-refractivity contribution is -0.151. The Hall–Kier alpha value is -3.59. The monoisotopic (exact) mass is 654 g/mol. The molecule has 2 aromatic carbocycles. The van der Waals surface area contributed by atoms with Gasteiger partial charge in [-0.1, -0.05) is 69.6 Å². The molecule has 48 heavy (non-hydrogen) atoms. The van der Waals surface area contributed by atoms with Gasteiger partial charge in [0.25, 0.3) is 0 Å². The Balaban J connectivity index is 1.17. The molecule has 3 aliphatic carbocycles. The van der Waals surface area contributed by atoms with E-state index in [1.165, 1.54) is 51.4 Å². The summed E-state index contributed by atoms with van der Waals surface area (Å²) in [5.41, 5.74) is 0.500. The predicted molar refractivity (Wildman–Crippen MR) is 187 cm³/mol. The lowest BCUT2D eigenvalue weighted by Crippen LogP contribution is -2.39. The molecular weight excluding hydrogens is 600 g/mol. The van der Waals surface area contributed by atoms with Crippen LogP contribution in [-0.2, 0) is 19.1 Å². The molecule has 0 unspecified atom stereocenters. The van der Waals surface area contributed by atoms with Crippen molar-refractivity contribution in [3.8, 4) is 17.6 Å². The van der Waals surface area contributed by atoms with Crippen LogP contribution < -0.4 is 4.74 Å². The second kappa shape index (κ2) is 17.7. The number of esters is 3. The molecule has 3 aliphatic rings. The third-order valence-electron chi connectivity index (χ3n) is 11.1. The first-order valence-corrected chi connectivity index (χ1v) is 18.7. The Morgan fingerprint density at radius 2 is 1.35 bits per heavy atom. The third kappa shape index (κ3) is 9.97. The van der Waals surface area contributed by atoms with Gasteiger partial charge in [-0.2, -0.15) is 0 Å². The molecule has 5 rings (SSSR count). The Morgan fingerprint density at radius 1 is 0.729 bits per heavy atom. The van der Waals surface area contributed by atoms with Crippen LogP contribution in [0.5, 0.6) is 5.75 Å². The van der Waals surface area contributed by atoms with Crippen LogP contribution in [0.15, 0.2) is 54.6 Å². The predicted octanol–water partition coefficient (Wildman–Crippen LogP) is 9.49. The van der Waals surface area contributed by atoms with E-state index in [0.717, 1.165) is 43.1 Å². The molecule has 6 heteroatoms. The fraction of sp³-hybridized carbons (Fsp3) is 0.595. The molecule has 0 atom stereocenters. The fourth-order valence-electron chi connectivity index (χ4n) is 8.09. The van der Waals surface area contributed by atoms with Crippen molar-refractivity contribution >= 4 is 17.9 Å². The van der Waals surface area contributed by atoms with Gasteiger partial charge >= 0.3 is 17.9 Å². The maximum absolute atomic E-state index is 13.5.